The first-order chi connectivity index (χ1) is 14.1. The highest BCUT2D eigenvalue weighted by atomic mass is 35.5. The van der Waals surface area contributed by atoms with Gasteiger partial charge >= 0.3 is 6.01 Å². The average Bonchev–Trinajstić information content (AvgIpc) is 2.75. The molecule has 146 valence electrons. The summed E-state index contributed by atoms with van der Waals surface area (Å²) >= 11 is 6.21. The zero-order valence-electron chi connectivity index (χ0n) is 15.6. The molecule has 0 radical (unpaired) electrons. The van der Waals surface area contributed by atoms with Gasteiger partial charge in [0.15, 0.2) is 0 Å². The molecule has 0 spiro atoms. The first kappa shape index (κ1) is 18.9. The molecule has 0 aliphatic rings. The van der Waals surface area contributed by atoms with Gasteiger partial charge in [0.05, 0.1) is 24.4 Å². The van der Waals surface area contributed by atoms with Crippen LogP contribution in [0.5, 0.6) is 11.8 Å². The summed E-state index contributed by atoms with van der Waals surface area (Å²) in [6, 6.07) is 14.3. The van der Waals surface area contributed by atoms with Gasteiger partial charge in [-0.3, -0.25) is 14.3 Å². The number of rotatable bonds is 6. The molecule has 0 saturated heterocycles. The summed E-state index contributed by atoms with van der Waals surface area (Å²) in [7, 11) is 1.56. The van der Waals surface area contributed by atoms with Crippen LogP contribution in [0.15, 0.2) is 65.7 Å². The monoisotopic (exact) mass is 408 g/mol. The summed E-state index contributed by atoms with van der Waals surface area (Å²) in [5, 5.41) is 1.21. The summed E-state index contributed by atoms with van der Waals surface area (Å²) in [4.78, 5) is 25.4. The van der Waals surface area contributed by atoms with Gasteiger partial charge in [-0.2, -0.15) is 4.98 Å². The molecule has 0 saturated carbocycles. The van der Waals surface area contributed by atoms with E-state index in [4.69, 9.17) is 21.1 Å². The van der Waals surface area contributed by atoms with Crippen LogP contribution in [-0.4, -0.2) is 26.6 Å². The molecule has 0 bridgehead atoms. The number of methoxy groups -OCH3 is 1. The Morgan fingerprint density at radius 1 is 1.10 bits per heavy atom. The summed E-state index contributed by atoms with van der Waals surface area (Å²) in [5.41, 5.74) is 1.91. The van der Waals surface area contributed by atoms with Crippen molar-refractivity contribution in [3.05, 3.63) is 87.6 Å². The van der Waals surface area contributed by atoms with Crippen molar-refractivity contribution in [1.29, 1.82) is 0 Å². The van der Waals surface area contributed by atoms with Crippen molar-refractivity contribution in [2.75, 3.05) is 7.11 Å². The maximum Gasteiger partial charge on any atom is 0.318 e. The number of hydrogen-bond donors (Lipinski definition) is 0. The fourth-order valence-electron chi connectivity index (χ4n) is 2.89. The quantitative estimate of drug-likeness (QED) is 0.486. The van der Waals surface area contributed by atoms with Gasteiger partial charge in [0.1, 0.15) is 18.0 Å². The van der Waals surface area contributed by atoms with Crippen molar-refractivity contribution in [3.8, 4) is 11.8 Å². The molecule has 29 heavy (non-hydrogen) atoms. The zero-order chi connectivity index (χ0) is 20.2. The number of halogens is 1. The van der Waals surface area contributed by atoms with Gasteiger partial charge in [-0.15, -0.1) is 0 Å². The fourth-order valence-corrected chi connectivity index (χ4v) is 3.17. The van der Waals surface area contributed by atoms with E-state index in [0.717, 1.165) is 16.6 Å². The molecule has 0 aliphatic carbocycles. The molecule has 0 amide bonds. The second kappa shape index (κ2) is 8.28. The second-order valence-corrected chi connectivity index (χ2v) is 6.68. The number of nitrogens with zero attached hydrogens (tertiary/aromatic N) is 4. The normalized spacial score (nSPS) is 10.8. The van der Waals surface area contributed by atoms with Crippen LogP contribution < -0.4 is 15.0 Å². The Hall–Kier alpha value is -3.45. The molecule has 0 aliphatic heterocycles. The molecule has 4 rings (SSSR count). The van der Waals surface area contributed by atoms with E-state index in [9.17, 15) is 4.79 Å². The lowest BCUT2D eigenvalue weighted by atomic mass is 10.2. The van der Waals surface area contributed by atoms with Crippen LogP contribution in [0, 0.1) is 0 Å². The summed E-state index contributed by atoms with van der Waals surface area (Å²) in [6.45, 7) is 0.536. The Morgan fingerprint density at radius 2 is 2.00 bits per heavy atom. The number of pyridine rings is 2. The number of ether oxygens (including phenoxy) is 2. The van der Waals surface area contributed by atoms with Gasteiger partial charge in [-0.25, -0.2) is 4.98 Å². The molecule has 0 fully saturated rings. The first-order valence-electron chi connectivity index (χ1n) is 8.86. The molecule has 1 aromatic carbocycles. The number of fused-ring (bicyclic) bond motifs is 1. The van der Waals surface area contributed by atoms with E-state index in [2.05, 4.69) is 15.0 Å². The Labute approximate surface area is 171 Å². The molecule has 0 unspecified atom stereocenters. The Balaban J connectivity index is 1.66. The SMILES string of the molecule is COc1ccc(Cn2c(=O)ccc3cnc(OCc4ccccn4)nc32)cc1Cl. The van der Waals surface area contributed by atoms with Gasteiger partial charge in [0.2, 0.25) is 0 Å². The van der Waals surface area contributed by atoms with Crippen molar-refractivity contribution in [2.24, 2.45) is 0 Å². The van der Waals surface area contributed by atoms with Crippen LogP contribution in [0.25, 0.3) is 11.0 Å². The predicted molar refractivity (Wildman–Crippen MR) is 109 cm³/mol. The standard InChI is InChI=1S/C21H17ClN4O3/c1-28-18-7-5-14(10-17(18)22)12-26-19(27)8-6-15-11-24-21(25-20(15)26)29-13-16-4-2-3-9-23-16/h2-11H,12-13H2,1H3. The summed E-state index contributed by atoms with van der Waals surface area (Å²) < 4.78 is 12.4. The third-order valence-corrected chi connectivity index (χ3v) is 4.63. The minimum Gasteiger partial charge on any atom is -0.495 e. The van der Waals surface area contributed by atoms with Crippen LogP contribution >= 0.6 is 11.6 Å². The van der Waals surface area contributed by atoms with Crippen LogP contribution in [0.1, 0.15) is 11.3 Å². The summed E-state index contributed by atoms with van der Waals surface area (Å²) in [6.07, 6.45) is 3.32. The first-order valence-corrected chi connectivity index (χ1v) is 9.23. The van der Waals surface area contributed by atoms with E-state index >= 15 is 0 Å². The van der Waals surface area contributed by atoms with Crippen LogP contribution in [0.2, 0.25) is 5.02 Å². The highest BCUT2D eigenvalue weighted by molar-refractivity contribution is 6.32. The smallest absolute Gasteiger partial charge is 0.318 e. The lowest BCUT2D eigenvalue weighted by Gasteiger charge is -2.12. The molecule has 3 heterocycles. The minimum absolute atomic E-state index is 0.176. The molecule has 4 aromatic rings. The van der Waals surface area contributed by atoms with E-state index in [1.807, 2.05) is 24.3 Å². The van der Waals surface area contributed by atoms with Gasteiger partial charge in [0, 0.05) is 23.8 Å². The number of aromatic nitrogens is 4. The van der Waals surface area contributed by atoms with Crippen LogP contribution in [0.3, 0.4) is 0 Å². The van der Waals surface area contributed by atoms with E-state index in [0.29, 0.717) is 23.0 Å². The third-order valence-electron chi connectivity index (χ3n) is 4.33. The van der Waals surface area contributed by atoms with Gasteiger partial charge in [-0.05, 0) is 35.9 Å². The maximum atomic E-state index is 12.5. The lowest BCUT2D eigenvalue weighted by Crippen LogP contribution is -2.21. The number of hydrogen-bond acceptors (Lipinski definition) is 6. The molecule has 8 heteroatoms. The molecule has 3 aromatic heterocycles. The predicted octanol–water partition coefficient (Wildman–Crippen LogP) is 3.48. The molecule has 0 atom stereocenters. The summed E-state index contributed by atoms with van der Waals surface area (Å²) in [5.74, 6) is 0.577. The Bertz CT molecular complexity index is 1210. The topological polar surface area (TPSA) is 79.1 Å². The third kappa shape index (κ3) is 4.20. The van der Waals surface area contributed by atoms with E-state index in [1.165, 1.54) is 6.07 Å². The zero-order valence-corrected chi connectivity index (χ0v) is 16.3. The largest absolute Gasteiger partial charge is 0.495 e. The van der Waals surface area contributed by atoms with Crippen LogP contribution in [0.4, 0.5) is 0 Å². The van der Waals surface area contributed by atoms with Gasteiger partial charge in [-0.1, -0.05) is 23.7 Å². The molecular formula is C21H17ClN4O3. The highest BCUT2D eigenvalue weighted by Crippen LogP contribution is 2.25. The Kier molecular flexibility index (Phi) is 5.39. The minimum atomic E-state index is -0.182. The lowest BCUT2D eigenvalue weighted by molar-refractivity contribution is 0.277. The fraction of sp³-hybridized carbons (Fsp3) is 0.143. The van der Waals surface area contributed by atoms with Crippen molar-refractivity contribution in [1.82, 2.24) is 19.5 Å². The maximum absolute atomic E-state index is 12.5. The van der Waals surface area contributed by atoms with Crippen LogP contribution in [-0.2, 0) is 13.2 Å². The highest BCUT2D eigenvalue weighted by Gasteiger charge is 2.10. The molecular weight excluding hydrogens is 392 g/mol. The van der Waals surface area contributed by atoms with E-state index < -0.39 is 0 Å². The van der Waals surface area contributed by atoms with Crippen molar-refractivity contribution in [2.45, 2.75) is 13.2 Å². The average molecular weight is 409 g/mol. The molecule has 0 N–H and O–H groups in total. The van der Waals surface area contributed by atoms with Crippen molar-refractivity contribution < 1.29 is 9.47 Å². The molecule has 7 nitrogen and oxygen atoms in total. The number of benzene rings is 1. The van der Waals surface area contributed by atoms with Gasteiger partial charge in [0.25, 0.3) is 5.56 Å². The van der Waals surface area contributed by atoms with Crippen molar-refractivity contribution >= 4 is 22.6 Å². The van der Waals surface area contributed by atoms with E-state index in [1.54, 1.807) is 42.3 Å². The van der Waals surface area contributed by atoms with Gasteiger partial charge < -0.3 is 9.47 Å². The Morgan fingerprint density at radius 3 is 2.76 bits per heavy atom. The van der Waals surface area contributed by atoms with Crippen molar-refractivity contribution in [3.63, 3.8) is 0 Å². The van der Waals surface area contributed by atoms with E-state index in [-0.39, 0.29) is 18.2 Å². The second-order valence-electron chi connectivity index (χ2n) is 6.27.